The van der Waals surface area contributed by atoms with E-state index in [1.54, 1.807) is 17.9 Å². The fourth-order valence-electron chi connectivity index (χ4n) is 3.53. The third-order valence-corrected chi connectivity index (χ3v) is 5.15. The van der Waals surface area contributed by atoms with E-state index in [0.29, 0.717) is 31.0 Å². The van der Waals surface area contributed by atoms with Crippen LogP contribution in [0.15, 0.2) is 35.1 Å². The predicted molar refractivity (Wildman–Crippen MR) is 122 cm³/mol. The van der Waals surface area contributed by atoms with Crippen LogP contribution in [0.5, 0.6) is 5.75 Å². The Kier molecular flexibility index (Phi) is 7.21. The summed E-state index contributed by atoms with van der Waals surface area (Å²) in [4.78, 5) is 30.8. The first-order valence-electron chi connectivity index (χ1n) is 10.7. The first-order valence-corrected chi connectivity index (χ1v) is 10.7. The second-order valence-electron chi connectivity index (χ2n) is 8.86. The molecule has 170 valence electrons. The van der Waals surface area contributed by atoms with E-state index in [1.807, 2.05) is 51.1 Å². The van der Waals surface area contributed by atoms with Crippen molar-refractivity contribution in [2.45, 2.75) is 33.3 Å². The van der Waals surface area contributed by atoms with E-state index < -0.39 is 5.60 Å². The van der Waals surface area contributed by atoms with Gasteiger partial charge in [-0.3, -0.25) is 9.69 Å². The van der Waals surface area contributed by atoms with Crippen molar-refractivity contribution in [1.29, 1.82) is 5.26 Å². The summed E-state index contributed by atoms with van der Waals surface area (Å²) in [6.45, 7) is 11.5. The molecule has 0 aliphatic carbocycles. The Morgan fingerprint density at radius 1 is 1.16 bits per heavy atom. The number of aromatic amines is 1. The molecule has 1 saturated heterocycles. The van der Waals surface area contributed by atoms with Crippen molar-refractivity contribution in [3.05, 3.63) is 51.9 Å². The minimum atomic E-state index is -0.483. The number of nitrogens with zero attached hydrogens (tertiary/aromatic N) is 3. The highest BCUT2D eigenvalue weighted by molar-refractivity contribution is 5.70. The van der Waals surface area contributed by atoms with Crippen LogP contribution in [0.25, 0.3) is 11.1 Å². The van der Waals surface area contributed by atoms with Crippen LogP contribution in [0.1, 0.15) is 32.0 Å². The molecule has 0 spiro atoms. The maximum absolute atomic E-state index is 12.2. The Bertz CT molecular complexity index is 1040. The highest BCUT2D eigenvalue weighted by Gasteiger charge is 2.25. The zero-order chi connectivity index (χ0) is 23.3. The molecule has 0 atom stereocenters. The molecule has 0 unspecified atom stereocenters. The number of carbonyl (C=O) groups is 1. The van der Waals surface area contributed by atoms with Crippen molar-refractivity contribution < 1.29 is 14.3 Å². The number of hydrogen-bond donors (Lipinski definition) is 1. The van der Waals surface area contributed by atoms with Gasteiger partial charge in [-0.1, -0.05) is 12.1 Å². The van der Waals surface area contributed by atoms with Gasteiger partial charge in [0.15, 0.2) is 0 Å². The van der Waals surface area contributed by atoms with Gasteiger partial charge < -0.3 is 19.4 Å². The minimum absolute atomic E-state index is 0.106. The van der Waals surface area contributed by atoms with Crippen LogP contribution in [-0.2, 0) is 4.74 Å². The lowest BCUT2D eigenvalue weighted by Gasteiger charge is -2.35. The molecule has 8 heteroatoms. The minimum Gasteiger partial charge on any atom is -0.492 e. The monoisotopic (exact) mass is 438 g/mol. The molecular weight excluding hydrogens is 408 g/mol. The van der Waals surface area contributed by atoms with Crippen LogP contribution in [0.4, 0.5) is 4.79 Å². The van der Waals surface area contributed by atoms with Gasteiger partial charge in [0.25, 0.3) is 5.56 Å². The van der Waals surface area contributed by atoms with Gasteiger partial charge in [-0.15, -0.1) is 0 Å². The summed E-state index contributed by atoms with van der Waals surface area (Å²) < 4.78 is 11.3. The van der Waals surface area contributed by atoms with E-state index in [4.69, 9.17) is 9.47 Å². The maximum atomic E-state index is 12.2. The lowest BCUT2D eigenvalue weighted by Crippen LogP contribution is -2.50. The largest absolute Gasteiger partial charge is 0.492 e. The summed E-state index contributed by atoms with van der Waals surface area (Å²) >= 11 is 0. The summed E-state index contributed by atoms with van der Waals surface area (Å²) in [6.07, 6.45) is -0.261. The first-order chi connectivity index (χ1) is 15.2. The molecule has 0 saturated carbocycles. The van der Waals surface area contributed by atoms with Crippen molar-refractivity contribution in [3.63, 3.8) is 0 Å². The van der Waals surface area contributed by atoms with E-state index in [9.17, 15) is 14.9 Å². The molecule has 3 rings (SSSR count). The number of aryl methyl sites for hydroxylation is 1. The Hall–Kier alpha value is -3.31. The van der Waals surface area contributed by atoms with Crippen LogP contribution in [0.2, 0.25) is 0 Å². The summed E-state index contributed by atoms with van der Waals surface area (Å²) in [5.41, 5.74) is 1.35. The van der Waals surface area contributed by atoms with Crippen LogP contribution in [0.3, 0.4) is 0 Å². The second-order valence-corrected chi connectivity index (χ2v) is 8.86. The molecule has 1 aromatic carbocycles. The number of hydrogen-bond acceptors (Lipinski definition) is 6. The summed E-state index contributed by atoms with van der Waals surface area (Å²) in [5.74, 6) is 0.723. The molecular formula is C24H30N4O4. The van der Waals surface area contributed by atoms with Crippen molar-refractivity contribution in [2.24, 2.45) is 0 Å². The third-order valence-electron chi connectivity index (χ3n) is 5.15. The SMILES string of the molecule is Cc1cc(-c2ccc(OCCN3CCN(C(=O)OC(C)(C)C)CC3)cc2)c(C#N)c(=O)[nH]1. The first kappa shape index (κ1) is 23.4. The number of H-pyrrole nitrogens is 1. The quantitative estimate of drug-likeness (QED) is 0.770. The number of rotatable bonds is 5. The number of nitriles is 1. The Labute approximate surface area is 188 Å². The zero-order valence-corrected chi connectivity index (χ0v) is 19.1. The Balaban J connectivity index is 1.49. The van der Waals surface area contributed by atoms with E-state index in [2.05, 4.69) is 9.88 Å². The fraction of sp³-hybridized carbons (Fsp3) is 0.458. The van der Waals surface area contributed by atoms with Crippen molar-refractivity contribution in [1.82, 2.24) is 14.8 Å². The standard InChI is InChI=1S/C24H30N4O4/c1-17-15-20(21(16-25)22(29)26-17)18-5-7-19(8-6-18)31-14-13-27-9-11-28(12-10-27)23(30)32-24(2,3)4/h5-8,15H,9-14H2,1-4H3,(H,26,29). The molecule has 2 heterocycles. The number of ether oxygens (including phenoxy) is 2. The van der Waals surface area contributed by atoms with Crippen molar-refractivity contribution in [3.8, 4) is 22.9 Å². The van der Waals surface area contributed by atoms with Gasteiger partial charge >= 0.3 is 6.09 Å². The normalized spacial score (nSPS) is 14.7. The van der Waals surface area contributed by atoms with Crippen LogP contribution >= 0.6 is 0 Å². The van der Waals surface area contributed by atoms with E-state index in [0.717, 1.165) is 30.9 Å². The van der Waals surface area contributed by atoms with E-state index in [1.165, 1.54) is 0 Å². The highest BCUT2D eigenvalue weighted by Crippen LogP contribution is 2.24. The number of carbonyl (C=O) groups excluding carboxylic acids is 1. The van der Waals surface area contributed by atoms with Crippen molar-refractivity contribution in [2.75, 3.05) is 39.3 Å². The molecule has 0 radical (unpaired) electrons. The molecule has 1 aromatic heterocycles. The van der Waals surface area contributed by atoms with E-state index >= 15 is 0 Å². The van der Waals surface area contributed by atoms with Gasteiger partial charge in [-0.25, -0.2) is 4.79 Å². The number of nitrogens with one attached hydrogen (secondary N) is 1. The predicted octanol–water partition coefficient (Wildman–Crippen LogP) is 3.15. The molecule has 1 amide bonds. The van der Waals surface area contributed by atoms with Gasteiger partial charge in [-0.05, 0) is 51.5 Å². The fourth-order valence-corrected chi connectivity index (χ4v) is 3.53. The lowest BCUT2D eigenvalue weighted by molar-refractivity contribution is 0.0137. The molecule has 1 aliphatic rings. The number of amides is 1. The smallest absolute Gasteiger partial charge is 0.410 e. The highest BCUT2D eigenvalue weighted by atomic mass is 16.6. The Morgan fingerprint density at radius 2 is 1.81 bits per heavy atom. The van der Waals surface area contributed by atoms with Crippen molar-refractivity contribution >= 4 is 6.09 Å². The van der Waals surface area contributed by atoms with Gasteiger partial charge in [-0.2, -0.15) is 5.26 Å². The molecule has 1 fully saturated rings. The van der Waals surface area contributed by atoms with Crippen LogP contribution in [0, 0.1) is 18.3 Å². The molecule has 2 aromatic rings. The number of piperazine rings is 1. The zero-order valence-electron chi connectivity index (χ0n) is 19.1. The average Bonchev–Trinajstić information content (AvgIpc) is 2.73. The molecule has 32 heavy (non-hydrogen) atoms. The van der Waals surface area contributed by atoms with Gasteiger partial charge in [0, 0.05) is 44.0 Å². The second kappa shape index (κ2) is 9.88. The van der Waals surface area contributed by atoms with E-state index in [-0.39, 0.29) is 17.2 Å². The molecule has 8 nitrogen and oxygen atoms in total. The Morgan fingerprint density at radius 3 is 2.41 bits per heavy atom. The summed E-state index contributed by atoms with van der Waals surface area (Å²) in [7, 11) is 0. The van der Waals surface area contributed by atoms with Gasteiger partial charge in [0.05, 0.1) is 0 Å². The summed E-state index contributed by atoms with van der Waals surface area (Å²) in [6, 6.07) is 11.2. The molecule has 1 aliphatic heterocycles. The van der Waals surface area contributed by atoms with Crippen LogP contribution < -0.4 is 10.3 Å². The van der Waals surface area contributed by atoms with Gasteiger partial charge in [0.1, 0.15) is 29.6 Å². The molecule has 0 bridgehead atoms. The summed E-state index contributed by atoms with van der Waals surface area (Å²) in [5, 5.41) is 9.31. The average molecular weight is 439 g/mol. The topological polar surface area (TPSA) is 98.7 Å². The third kappa shape index (κ3) is 6.11. The number of benzene rings is 1. The molecule has 1 N–H and O–H groups in total. The van der Waals surface area contributed by atoms with Crippen LogP contribution in [-0.4, -0.2) is 65.8 Å². The number of pyridine rings is 1. The number of aromatic nitrogens is 1. The van der Waals surface area contributed by atoms with Gasteiger partial charge in [0.2, 0.25) is 0 Å². The lowest BCUT2D eigenvalue weighted by atomic mass is 10.0. The maximum Gasteiger partial charge on any atom is 0.410 e.